The second-order valence-electron chi connectivity index (χ2n) is 6.87. The molecule has 2 amide bonds. The predicted octanol–water partition coefficient (Wildman–Crippen LogP) is 1.10. The summed E-state index contributed by atoms with van der Waals surface area (Å²) in [5.74, 6) is 1.73. The van der Waals surface area contributed by atoms with Crippen molar-refractivity contribution in [2.24, 2.45) is 0 Å². The third-order valence-electron chi connectivity index (χ3n) is 5.02. The number of aromatic nitrogens is 2. The quantitative estimate of drug-likeness (QED) is 0.875. The van der Waals surface area contributed by atoms with Crippen LogP contribution in [0.25, 0.3) is 0 Å². The van der Waals surface area contributed by atoms with E-state index in [1.54, 1.807) is 6.20 Å². The normalized spacial score (nSPS) is 19.5. The van der Waals surface area contributed by atoms with Crippen molar-refractivity contribution < 1.29 is 4.79 Å². The van der Waals surface area contributed by atoms with Gasteiger partial charge in [-0.15, -0.1) is 0 Å². The van der Waals surface area contributed by atoms with Gasteiger partial charge in [-0.3, -0.25) is 4.90 Å². The Hall–Kier alpha value is -1.89. The molecule has 7 heteroatoms. The number of piperazine rings is 1. The maximum absolute atomic E-state index is 12.4. The predicted molar refractivity (Wildman–Crippen MR) is 94.2 cm³/mol. The minimum absolute atomic E-state index is 0.0459. The fraction of sp³-hybridized carbons (Fsp3) is 0.706. The molecule has 24 heavy (non-hydrogen) atoms. The van der Waals surface area contributed by atoms with Gasteiger partial charge >= 0.3 is 6.03 Å². The fourth-order valence-corrected chi connectivity index (χ4v) is 3.09. The Morgan fingerprint density at radius 3 is 2.71 bits per heavy atom. The lowest BCUT2D eigenvalue weighted by Gasteiger charge is -2.35. The van der Waals surface area contributed by atoms with Crippen molar-refractivity contribution in [1.29, 1.82) is 0 Å². The van der Waals surface area contributed by atoms with Gasteiger partial charge in [0.1, 0.15) is 11.6 Å². The van der Waals surface area contributed by atoms with E-state index in [1.807, 2.05) is 17.9 Å². The second kappa shape index (κ2) is 7.34. The average molecular weight is 332 g/mol. The molecule has 0 bridgehead atoms. The lowest BCUT2D eigenvalue weighted by molar-refractivity contribution is 0.186. The summed E-state index contributed by atoms with van der Waals surface area (Å²) in [6, 6.07) is 3.08. The fourth-order valence-electron chi connectivity index (χ4n) is 3.09. The van der Waals surface area contributed by atoms with Crippen LogP contribution in [-0.2, 0) is 0 Å². The topological polar surface area (TPSA) is 64.6 Å². The van der Waals surface area contributed by atoms with Crippen LogP contribution in [0, 0.1) is 6.92 Å². The van der Waals surface area contributed by atoms with Crippen LogP contribution in [-0.4, -0.2) is 77.7 Å². The number of carbonyl (C=O) groups excluding carboxylic acids is 1. The van der Waals surface area contributed by atoms with Crippen LogP contribution in [0.2, 0.25) is 0 Å². The van der Waals surface area contributed by atoms with Gasteiger partial charge in [-0.05, 0) is 39.8 Å². The number of amides is 2. The van der Waals surface area contributed by atoms with E-state index in [9.17, 15) is 4.79 Å². The van der Waals surface area contributed by atoms with Gasteiger partial charge in [-0.1, -0.05) is 0 Å². The minimum Gasteiger partial charge on any atom is -0.353 e. The second-order valence-corrected chi connectivity index (χ2v) is 6.87. The van der Waals surface area contributed by atoms with E-state index in [4.69, 9.17) is 0 Å². The molecule has 1 aliphatic heterocycles. The molecule has 2 fully saturated rings. The molecule has 7 nitrogen and oxygen atoms in total. The number of aryl methyl sites for hydroxylation is 1. The molecule has 1 aliphatic carbocycles. The monoisotopic (exact) mass is 332 g/mol. The Labute approximate surface area is 144 Å². The third-order valence-corrected chi connectivity index (χ3v) is 5.02. The van der Waals surface area contributed by atoms with E-state index in [0.29, 0.717) is 12.6 Å². The molecule has 0 aromatic carbocycles. The maximum atomic E-state index is 12.4. The summed E-state index contributed by atoms with van der Waals surface area (Å²) in [6.45, 7) is 7.84. The summed E-state index contributed by atoms with van der Waals surface area (Å²) in [5, 5.41) is 3.08. The highest BCUT2D eigenvalue weighted by Gasteiger charge is 2.29. The third kappa shape index (κ3) is 4.14. The first-order valence-electron chi connectivity index (χ1n) is 8.84. The van der Waals surface area contributed by atoms with Crippen LogP contribution in [0.15, 0.2) is 12.3 Å². The van der Waals surface area contributed by atoms with Crippen molar-refractivity contribution in [3.8, 4) is 0 Å². The van der Waals surface area contributed by atoms with Gasteiger partial charge in [-0.2, -0.15) is 0 Å². The van der Waals surface area contributed by atoms with E-state index >= 15 is 0 Å². The first-order chi connectivity index (χ1) is 11.5. The smallest absolute Gasteiger partial charge is 0.317 e. The van der Waals surface area contributed by atoms with Crippen molar-refractivity contribution in [2.75, 3.05) is 44.7 Å². The zero-order valence-corrected chi connectivity index (χ0v) is 14.9. The van der Waals surface area contributed by atoms with Gasteiger partial charge in [0.05, 0.1) is 0 Å². The molecule has 1 N–H and O–H groups in total. The highest BCUT2D eigenvalue weighted by Crippen LogP contribution is 2.26. The summed E-state index contributed by atoms with van der Waals surface area (Å²) in [7, 11) is 2.15. The van der Waals surface area contributed by atoms with Gasteiger partial charge < -0.3 is 15.1 Å². The van der Waals surface area contributed by atoms with Crippen molar-refractivity contribution in [1.82, 2.24) is 25.1 Å². The van der Waals surface area contributed by atoms with Gasteiger partial charge in [0.2, 0.25) is 0 Å². The van der Waals surface area contributed by atoms with Crippen molar-refractivity contribution in [2.45, 2.75) is 38.8 Å². The number of hydrogen-bond donors (Lipinski definition) is 1. The minimum atomic E-state index is 0.0459. The molecule has 0 spiro atoms. The average Bonchev–Trinajstić information content (AvgIpc) is 3.44. The molecule has 3 rings (SSSR count). The standard InChI is InChI=1S/C17H28N6O/c1-13(21(3)15-4-5-15)12-19-17(24)23-10-8-22(9-11-23)16-6-7-18-14(2)20-16/h6-7,13,15H,4-5,8-12H2,1-3H3,(H,19,24)/t13-/m1/s1. The molecule has 132 valence electrons. The Kier molecular flexibility index (Phi) is 5.18. The Balaban J connectivity index is 1.43. The van der Waals surface area contributed by atoms with Gasteiger partial charge in [-0.25, -0.2) is 14.8 Å². The van der Waals surface area contributed by atoms with E-state index in [0.717, 1.165) is 43.9 Å². The number of nitrogens with one attached hydrogen (secondary N) is 1. The summed E-state index contributed by atoms with van der Waals surface area (Å²) < 4.78 is 0. The number of rotatable bonds is 5. The summed E-state index contributed by atoms with van der Waals surface area (Å²) in [4.78, 5) is 27.4. The van der Waals surface area contributed by atoms with Crippen LogP contribution in [0.5, 0.6) is 0 Å². The molecule has 1 atom stereocenters. The summed E-state index contributed by atoms with van der Waals surface area (Å²) in [5.41, 5.74) is 0. The number of urea groups is 1. The van der Waals surface area contributed by atoms with Crippen molar-refractivity contribution in [3.05, 3.63) is 18.1 Å². The molecule has 1 saturated heterocycles. The molecule has 1 saturated carbocycles. The Morgan fingerprint density at radius 1 is 1.38 bits per heavy atom. The zero-order chi connectivity index (χ0) is 17.1. The van der Waals surface area contributed by atoms with Crippen LogP contribution in [0.1, 0.15) is 25.6 Å². The number of nitrogens with zero attached hydrogens (tertiary/aromatic N) is 5. The molecule has 2 aliphatic rings. The summed E-state index contributed by atoms with van der Waals surface area (Å²) in [6.07, 6.45) is 4.37. The Bertz CT molecular complexity index is 568. The first kappa shape index (κ1) is 17.0. The number of likely N-dealkylation sites (N-methyl/N-ethyl adjacent to an activating group) is 1. The molecular formula is C17H28N6O. The molecular weight excluding hydrogens is 304 g/mol. The van der Waals surface area contributed by atoms with Crippen LogP contribution in [0.3, 0.4) is 0 Å². The molecule has 1 aromatic rings. The maximum Gasteiger partial charge on any atom is 0.317 e. The van der Waals surface area contributed by atoms with E-state index in [1.165, 1.54) is 12.8 Å². The van der Waals surface area contributed by atoms with E-state index in [-0.39, 0.29) is 6.03 Å². The highest BCUT2D eigenvalue weighted by atomic mass is 16.2. The lowest BCUT2D eigenvalue weighted by Crippen LogP contribution is -2.53. The summed E-state index contributed by atoms with van der Waals surface area (Å²) >= 11 is 0. The molecule has 0 radical (unpaired) electrons. The van der Waals surface area contributed by atoms with E-state index in [2.05, 4.69) is 39.1 Å². The zero-order valence-electron chi connectivity index (χ0n) is 14.9. The number of carbonyl (C=O) groups is 1. The Morgan fingerprint density at radius 2 is 2.08 bits per heavy atom. The number of hydrogen-bond acceptors (Lipinski definition) is 5. The van der Waals surface area contributed by atoms with Crippen LogP contribution < -0.4 is 10.2 Å². The van der Waals surface area contributed by atoms with Crippen molar-refractivity contribution in [3.63, 3.8) is 0 Å². The van der Waals surface area contributed by atoms with Gasteiger partial charge in [0.25, 0.3) is 0 Å². The molecule has 0 unspecified atom stereocenters. The highest BCUT2D eigenvalue weighted by molar-refractivity contribution is 5.74. The van der Waals surface area contributed by atoms with Crippen molar-refractivity contribution >= 4 is 11.8 Å². The first-order valence-corrected chi connectivity index (χ1v) is 8.84. The van der Waals surface area contributed by atoms with Gasteiger partial charge in [0.15, 0.2) is 0 Å². The number of anilines is 1. The van der Waals surface area contributed by atoms with E-state index < -0.39 is 0 Å². The SMILES string of the molecule is Cc1nccc(N2CCN(C(=O)NC[C@@H](C)N(C)C3CC3)CC2)n1. The lowest BCUT2D eigenvalue weighted by atomic mass is 10.3. The van der Waals surface area contributed by atoms with Crippen LogP contribution >= 0.6 is 0 Å². The largest absolute Gasteiger partial charge is 0.353 e. The van der Waals surface area contributed by atoms with Gasteiger partial charge in [0, 0.05) is 51.0 Å². The molecule has 2 heterocycles. The molecule has 1 aromatic heterocycles. The van der Waals surface area contributed by atoms with Crippen LogP contribution in [0.4, 0.5) is 10.6 Å².